The van der Waals surface area contributed by atoms with E-state index in [-0.39, 0.29) is 11.3 Å². The number of hydrogen-bond donors (Lipinski definition) is 1. The molecule has 1 heterocycles. The summed E-state index contributed by atoms with van der Waals surface area (Å²) in [6, 6.07) is 8.87. The quantitative estimate of drug-likeness (QED) is 0.877. The number of hydrogen-bond acceptors (Lipinski definition) is 3. The van der Waals surface area contributed by atoms with Crippen molar-refractivity contribution in [2.24, 2.45) is 0 Å². The Morgan fingerprint density at radius 3 is 2.45 bits per heavy atom. The van der Waals surface area contributed by atoms with Crippen molar-refractivity contribution in [2.45, 2.75) is 33.1 Å². The van der Waals surface area contributed by atoms with Crippen molar-refractivity contribution in [2.75, 3.05) is 5.32 Å². The molecule has 4 nitrogen and oxygen atoms in total. The second-order valence-corrected chi connectivity index (χ2v) is 6.27. The number of benzene rings is 1. The summed E-state index contributed by atoms with van der Waals surface area (Å²) >= 11 is 0. The first-order valence-electron chi connectivity index (χ1n) is 7.15. The molecule has 0 saturated carbocycles. The van der Waals surface area contributed by atoms with Crippen LogP contribution in [0.1, 0.15) is 52.7 Å². The van der Waals surface area contributed by atoms with Crippen molar-refractivity contribution in [1.82, 2.24) is 4.98 Å². The summed E-state index contributed by atoms with van der Waals surface area (Å²) in [7, 11) is 0. The number of carbonyl (C=O) groups excluding carboxylic acids is 2. The van der Waals surface area contributed by atoms with E-state index in [1.807, 2.05) is 6.07 Å². The molecule has 0 atom stereocenters. The Morgan fingerprint density at radius 1 is 1.18 bits per heavy atom. The first-order chi connectivity index (χ1) is 10.3. The van der Waals surface area contributed by atoms with E-state index in [0.29, 0.717) is 16.8 Å². The average Bonchev–Trinajstić information content (AvgIpc) is 2.48. The molecule has 0 spiro atoms. The van der Waals surface area contributed by atoms with E-state index < -0.39 is 0 Å². The molecule has 114 valence electrons. The largest absolute Gasteiger partial charge is 0.322 e. The van der Waals surface area contributed by atoms with Crippen molar-refractivity contribution in [3.05, 3.63) is 58.9 Å². The minimum Gasteiger partial charge on any atom is -0.322 e. The molecule has 1 amide bonds. The summed E-state index contributed by atoms with van der Waals surface area (Å²) in [4.78, 5) is 27.6. The molecule has 0 aliphatic rings. The second-order valence-electron chi connectivity index (χ2n) is 6.27. The smallest absolute Gasteiger partial charge is 0.257 e. The molecule has 1 N–H and O–H groups in total. The highest BCUT2D eigenvalue weighted by Gasteiger charge is 2.16. The van der Waals surface area contributed by atoms with Gasteiger partial charge in [0.2, 0.25) is 0 Å². The van der Waals surface area contributed by atoms with Gasteiger partial charge in [0.25, 0.3) is 5.91 Å². The molecule has 0 fully saturated rings. The normalized spacial score (nSPS) is 11.1. The van der Waals surface area contributed by atoms with Gasteiger partial charge in [-0.05, 0) is 30.7 Å². The molecular formula is C18H20N2O2. The third-order valence-electron chi connectivity index (χ3n) is 3.54. The number of aldehydes is 1. The predicted octanol–water partition coefficient (Wildman–Crippen LogP) is 3.75. The first kappa shape index (κ1) is 15.9. The predicted molar refractivity (Wildman–Crippen MR) is 87.5 cm³/mol. The Hall–Kier alpha value is -2.49. The zero-order valence-corrected chi connectivity index (χ0v) is 13.3. The van der Waals surface area contributed by atoms with Gasteiger partial charge in [-0.25, -0.2) is 0 Å². The van der Waals surface area contributed by atoms with Crippen LogP contribution in [0.2, 0.25) is 0 Å². The molecule has 0 radical (unpaired) electrons. The molecule has 4 heteroatoms. The maximum Gasteiger partial charge on any atom is 0.257 e. The highest BCUT2D eigenvalue weighted by atomic mass is 16.1. The molecule has 0 aliphatic carbocycles. The Bertz CT molecular complexity index is 698. The van der Waals surface area contributed by atoms with Crippen LogP contribution in [0.15, 0.2) is 36.5 Å². The van der Waals surface area contributed by atoms with E-state index in [1.165, 1.54) is 0 Å². The fraction of sp³-hybridized carbons (Fsp3) is 0.278. The summed E-state index contributed by atoms with van der Waals surface area (Å²) in [5, 5.41) is 2.82. The molecule has 2 rings (SSSR count). The van der Waals surface area contributed by atoms with Gasteiger partial charge >= 0.3 is 0 Å². The minimum absolute atomic E-state index is 0.0517. The number of pyridine rings is 1. The lowest BCUT2D eigenvalue weighted by Gasteiger charge is -2.17. The SMILES string of the molecule is Cc1c(C=O)cccc1NC(=O)c1ccc(C(C)(C)C)nc1. The highest BCUT2D eigenvalue weighted by Crippen LogP contribution is 2.21. The zero-order chi connectivity index (χ0) is 16.3. The number of carbonyl (C=O) groups is 2. The van der Waals surface area contributed by atoms with Crippen LogP contribution in [0.25, 0.3) is 0 Å². The third-order valence-corrected chi connectivity index (χ3v) is 3.54. The maximum absolute atomic E-state index is 12.3. The highest BCUT2D eigenvalue weighted by molar-refractivity contribution is 6.04. The van der Waals surface area contributed by atoms with Crippen LogP contribution in [0.5, 0.6) is 0 Å². The number of rotatable bonds is 3. The topological polar surface area (TPSA) is 59.1 Å². The lowest BCUT2D eigenvalue weighted by Crippen LogP contribution is -2.16. The number of nitrogens with one attached hydrogen (secondary N) is 1. The van der Waals surface area contributed by atoms with Gasteiger partial charge < -0.3 is 5.32 Å². The monoisotopic (exact) mass is 296 g/mol. The van der Waals surface area contributed by atoms with E-state index in [0.717, 1.165) is 17.5 Å². The van der Waals surface area contributed by atoms with Gasteiger partial charge in [0.1, 0.15) is 6.29 Å². The summed E-state index contributed by atoms with van der Waals surface area (Å²) in [6.45, 7) is 8.02. The van der Waals surface area contributed by atoms with E-state index >= 15 is 0 Å². The number of anilines is 1. The standard InChI is InChI=1S/C18H20N2O2/c1-12-14(11-21)6-5-7-15(12)20-17(22)13-8-9-16(19-10-13)18(2,3)4/h5-11H,1-4H3,(H,20,22). The minimum atomic E-state index is -0.237. The van der Waals surface area contributed by atoms with E-state index in [4.69, 9.17) is 0 Å². The van der Waals surface area contributed by atoms with Crippen molar-refractivity contribution >= 4 is 17.9 Å². The van der Waals surface area contributed by atoms with Crippen LogP contribution in [-0.4, -0.2) is 17.2 Å². The van der Waals surface area contributed by atoms with Gasteiger partial charge in [-0.1, -0.05) is 32.9 Å². The van der Waals surface area contributed by atoms with Gasteiger partial charge in [0.15, 0.2) is 0 Å². The fourth-order valence-electron chi connectivity index (χ4n) is 2.08. The summed E-state index contributed by atoms with van der Waals surface area (Å²) < 4.78 is 0. The molecule has 1 aromatic heterocycles. The molecule has 0 saturated heterocycles. The number of nitrogens with zero attached hydrogens (tertiary/aromatic N) is 1. The van der Waals surface area contributed by atoms with Crippen molar-refractivity contribution < 1.29 is 9.59 Å². The zero-order valence-electron chi connectivity index (χ0n) is 13.3. The molecule has 0 unspecified atom stereocenters. The van der Waals surface area contributed by atoms with E-state index in [1.54, 1.807) is 37.4 Å². The van der Waals surface area contributed by atoms with Crippen LogP contribution < -0.4 is 5.32 Å². The van der Waals surface area contributed by atoms with Gasteiger partial charge in [0.05, 0.1) is 5.56 Å². The van der Waals surface area contributed by atoms with Crippen molar-refractivity contribution in [1.29, 1.82) is 0 Å². The van der Waals surface area contributed by atoms with Crippen molar-refractivity contribution in [3.63, 3.8) is 0 Å². The van der Waals surface area contributed by atoms with E-state index in [9.17, 15) is 9.59 Å². The van der Waals surface area contributed by atoms with Crippen LogP contribution in [0.3, 0.4) is 0 Å². The molecule has 0 aliphatic heterocycles. The summed E-state index contributed by atoms with van der Waals surface area (Å²) in [6.07, 6.45) is 2.36. The molecule has 0 bridgehead atoms. The van der Waals surface area contributed by atoms with Gasteiger partial charge in [-0.15, -0.1) is 0 Å². The maximum atomic E-state index is 12.3. The van der Waals surface area contributed by atoms with Gasteiger partial charge in [0, 0.05) is 28.6 Å². The van der Waals surface area contributed by atoms with Crippen LogP contribution in [-0.2, 0) is 5.41 Å². The van der Waals surface area contributed by atoms with Gasteiger partial charge in [-0.3, -0.25) is 14.6 Å². The Balaban J connectivity index is 2.21. The van der Waals surface area contributed by atoms with Crippen LogP contribution >= 0.6 is 0 Å². The summed E-state index contributed by atoms with van der Waals surface area (Å²) in [5.41, 5.74) is 3.33. The summed E-state index contributed by atoms with van der Waals surface area (Å²) in [5.74, 6) is -0.237. The van der Waals surface area contributed by atoms with Gasteiger partial charge in [-0.2, -0.15) is 0 Å². The Morgan fingerprint density at radius 2 is 1.91 bits per heavy atom. The molecule has 2 aromatic rings. The lowest BCUT2D eigenvalue weighted by molar-refractivity contribution is 0.102. The molecule has 1 aromatic carbocycles. The number of aromatic nitrogens is 1. The molecular weight excluding hydrogens is 276 g/mol. The third kappa shape index (κ3) is 3.39. The van der Waals surface area contributed by atoms with Crippen LogP contribution in [0.4, 0.5) is 5.69 Å². The van der Waals surface area contributed by atoms with E-state index in [2.05, 4.69) is 31.1 Å². The number of amides is 1. The van der Waals surface area contributed by atoms with Crippen molar-refractivity contribution in [3.8, 4) is 0 Å². The van der Waals surface area contributed by atoms with Crippen LogP contribution in [0, 0.1) is 6.92 Å². The Kier molecular flexibility index (Phi) is 4.40. The average molecular weight is 296 g/mol. The molecule has 22 heavy (non-hydrogen) atoms. The second kappa shape index (κ2) is 6.10. The fourth-order valence-corrected chi connectivity index (χ4v) is 2.08. The lowest BCUT2D eigenvalue weighted by atomic mass is 9.91. The first-order valence-corrected chi connectivity index (χ1v) is 7.15. The Labute approximate surface area is 130 Å².